The predicted octanol–water partition coefficient (Wildman–Crippen LogP) is 3.00. The van der Waals surface area contributed by atoms with Crippen molar-refractivity contribution in [2.75, 3.05) is 0 Å². The molecule has 90 valence electrons. The third-order valence-corrected chi connectivity index (χ3v) is 3.66. The first-order valence-corrected chi connectivity index (χ1v) is 6.05. The highest BCUT2D eigenvalue weighted by Crippen LogP contribution is 2.43. The van der Waals surface area contributed by atoms with E-state index in [0.29, 0.717) is 0 Å². The van der Waals surface area contributed by atoms with Crippen molar-refractivity contribution in [3.05, 3.63) is 48.0 Å². The van der Waals surface area contributed by atoms with E-state index in [4.69, 9.17) is 0 Å². The minimum atomic E-state index is -0.0974. The Balaban J connectivity index is 2.38. The number of benzene rings is 1. The van der Waals surface area contributed by atoms with Crippen molar-refractivity contribution in [2.45, 2.75) is 32.7 Å². The molecule has 0 fully saturated rings. The van der Waals surface area contributed by atoms with Crippen LogP contribution in [0.3, 0.4) is 0 Å². The lowest BCUT2D eigenvalue weighted by atomic mass is 9.70. The molecule has 0 radical (unpaired) electrons. The van der Waals surface area contributed by atoms with Crippen molar-refractivity contribution in [3.8, 4) is 0 Å². The summed E-state index contributed by atoms with van der Waals surface area (Å²) >= 11 is 0. The summed E-state index contributed by atoms with van der Waals surface area (Å²) in [6.45, 7) is 7.93. The smallest absolute Gasteiger partial charge is 0.243 e. The topological polar surface area (TPSA) is 29.1 Å². The molecule has 1 amide bonds. The molecule has 0 saturated carbocycles. The average Bonchev–Trinajstić information content (AvgIpc) is 2.32. The highest BCUT2D eigenvalue weighted by atomic mass is 16.1. The predicted molar refractivity (Wildman–Crippen MR) is 69.6 cm³/mol. The van der Waals surface area contributed by atoms with Gasteiger partial charge < -0.3 is 5.32 Å². The van der Waals surface area contributed by atoms with E-state index in [1.807, 2.05) is 6.07 Å². The second-order valence-corrected chi connectivity index (χ2v) is 5.33. The maximum Gasteiger partial charge on any atom is 0.243 e. The van der Waals surface area contributed by atoms with Crippen LogP contribution in [-0.4, -0.2) is 5.91 Å². The van der Waals surface area contributed by atoms with Crippen molar-refractivity contribution in [3.63, 3.8) is 0 Å². The quantitative estimate of drug-likeness (QED) is 0.776. The van der Waals surface area contributed by atoms with Crippen molar-refractivity contribution < 1.29 is 4.79 Å². The van der Waals surface area contributed by atoms with E-state index >= 15 is 0 Å². The number of nitrogens with one attached hydrogen (secondary N) is 1. The summed E-state index contributed by atoms with van der Waals surface area (Å²) in [4.78, 5) is 11.5. The number of fused-ring (bicyclic) bond motifs is 1. The molecular formula is C15H19NO. The minimum absolute atomic E-state index is 0.0814. The van der Waals surface area contributed by atoms with E-state index < -0.39 is 0 Å². The van der Waals surface area contributed by atoms with Gasteiger partial charge >= 0.3 is 0 Å². The molecule has 2 heteroatoms. The first kappa shape index (κ1) is 11.9. The fraction of sp³-hybridized carbons (Fsp3) is 0.400. The van der Waals surface area contributed by atoms with Gasteiger partial charge in [0.05, 0.1) is 6.04 Å². The van der Waals surface area contributed by atoms with E-state index in [1.165, 1.54) is 17.2 Å². The molecule has 1 aliphatic carbocycles. The van der Waals surface area contributed by atoms with Gasteiger partial charge in [0, 0.05) is 0 Å². The lowest BCUT2D eigenvalue weighted by molar-refractivity contribution is -0.118. The molecule has 2 rings (SSSR count). The van der Waals surface area contributed by atoms with Crippen molar-refractivity contribution >= 4 is 5.91 Å². The van der Waals surface area contributed by atoms with E-state index in [1.54, 1.807) is 0 Å². The van der Waals surface area contributed by atoms with Crippen LogP contribution in [0, 0.1) is 5.41 Å². The van der Waals surface area contributed by atoms with Gasteiger partial charge in [0.15, 0.2) is 0 Å². The van der Waals surface area contributed by atoms with Gasteiger partial charge in [-0.2, -0.15) is 0 Å². The van der Waals surface area contributed by atoms with Gasteiger partial charge in [-0.05, 0) is 35.5 Å². The maximum absolute atomic E-state index is 11.5. The fourth-order valence-corrected chi connectivity index (χ4v) is 2.54. The van der Waals surface area contributed by atoms with Gasteiger partial charge in [-0.15, -0.1) is 0 Å². The van der Waals surface area contributed by atoms with Crippen LogP contribution < -0.4 is 5.32 Å². The summed E-state index contributed by atoms with van der Waals surface area (Å²) in [6.07, 6.45) is 3.52. The standard InChI is InChI=1S/C15H19NO/c1-4-13(17)16-14-12-8-6-5-7-11(12)9-10-15(14,2)3/h4-8,14H,1,9-10H2,2-3H3,(H,16,17). The minimum Gasteiger partial charge on any atom is -0.345 e. The number of amides is 1. The molecule has 1 atom stereocenters. The van der Waals surface area contributed by atoms with Gasteiger partial charge in [-0.1, -0.05) is 44.7 Å². The zero-order valence-corrected chi connectivity index (χ0v) is 10.5. The van der Waals surface area contributed by atoms with Crippen molar-refractivity contribution in [1.82, 2.24) is 5.32 Å². The molecule has 1 unspecified atom stereocenters. The largest absolute Gasteiger partial charge is 0.345 e. The maximum atomic E-state index is 11.5. The number of rotatable bonds is 2. The molecular weight excluding hydrogens is 210 g/mol. The Morgan fingerprint density at radius 3 is 2.88 bits per heavy atom. The molecule has 2 nitrogen and oxygen atoms in total. The van der Waals surface area contributed by atoms with Gasteiger partial charge in [0.1, 0.15) is 0 Å². The number of carbonyl (C=O) groups excluding carboxylic acids is 1. The van der Waals surface area contributed by atoms with E-state index in [2.05, 4.69) is 43.9 Å². The molecule has 1 aliphatic rings. The van der Waals surface area contributed by atoms with Crippen LogP contribution in [0.1, 0.15) is 37.4 Å². The lowest BCUT2D eigenvalue weighted by Crippen LogP contribution is -2.40. The van der Waals surface area contributed by atoms with Crippen LogP contribution in [0.15, 0.2) is 36.9 Å². The summed E-state index contributed by atoms with van der Waals surface area (Å²) in [5.41, 5.74) is 2.69. The van der Waals surface area contributed by atoms with Gasteiger partial charge in [-0.3, -0.25) is 4.79 Å². The van der Waals surface area contributed by atoms with Crippen molar-refractivity contribution in [2.24, 2.45) is 5.41 Å². The second-order valence-electron chi connectivity index (χ2n) is 5.33. The van der Waals surface area contributed by atoms with E-state index in [0.717, 1.165) is 12.8 Å². The molecule has 0 bridgehead atoms. The summed E-state index contributed by atoms with van der Waals surface area (Å²) in [7, 11) is 0. The third kappa shape index (κ3) is 2.26. The molecule has 0 heterocycles. The second kappa shape index (κ2) is 4.36. The highest BCUT2D eigenvalue weighted by molar-refractivity contribution is 5.87. The molecule has 0 saturated heterocycles. The molecule has 1 aromatic rings. The Morgan fingerprint density at radius 1 is 1.47 bits per heavy atom. The fourth-order valence-electron chi connectivity index (χ4n) is 2.54. The average molecular weight is 229 g/mol. The monoisotopic (exact) mass is 229 g/mol. The first-order valence-electron chi connectivity index (χ1n) is 6.05. The third-order valence-electron chi connectivity index (χ3n) is 3.66. The number of aryl methyl sites for hydroxylation is 1. The Labute approximate surface area is 103 Å². The molecule has 17 heavy (non-hydrogen) atoms. The number of hydrogen-bond acceptors (Lipinski definition) is 1. The number of carbonyl (C=O) groups is 1. The van der Waals surface area contributed by atoms with E-state index in [9.17, 15) is 4.79 Å². The van der Waals surface area contributed by atoms with Crippen LogP contribution in [-0.2, 0) is 11.2 Å². The Bertz CT molecular complexity index is 448. The molecule has 0 aromatic heterocycles. The Kier molecular flexibility index (Phi) is 3.05. The van der Waals surface area contributed by atoms with Crippen LogP contribution in [0.4, 0.5) is 0 Å². The van der Waals surface area contributed by atoms with Crippen LogP contribution in [0.5, 0.6) is 0 Å². The summed E-state index contributed by atoms with van der Waals surface area (Å²) in [5.74, 6) is -0.0974. The van der Waals surface area contributed by atoms with E-state index in [-0.39, 0.29) is 17.4 Å². The summed E-state index contributed by atoms with van der Waals surface area (Å²) < 4.78 is 0. The van der Waals surface area contributed by atoms with Crippen LogP contribution >= 0.6 is 0 Å². The van der Waals surface area contributed by atoms with Crippen LogP contribution in [0.25, 0.3) is 0 Å². The highest BCUT2D eigenvalue weighted by Gasteiger charge is 2.36. The molecule has 1 aromatic carbocycles. The SMILES string of the molecule is C=CC(=O)NC1c2ccccc2CCC1(C)C. The number of hydrogen-bond donors (Lipinski definition) is 1. The lowest BCUT2D eigenvalue weighted by Gasteiger charge is -2.40. The van der Waals surface area contributed by atoms with Gasteiger partial charge in [0.25, 0.3) is 0 Å². The Hall–Kier alpha value is -1.57. The van der Waals surface area contributed by atoms with Gasteiger partial charge in [0.2, 0.25) is 5.91 Å². The zero-order valence-electron chi connectivity index (χ0n) is 10.5. The molecule has 0 aliphatic heterocycles. The van der Waals surface area contributed by atoms with Crippen LogP contribution in [0.2, 0.25) is 0 Å². The van der Waals surface area contributed by atoms with Crippen molar-refractivity contribution in [1.29, 1.82) is 0 Å². The van der Waals surface area contributed by atoms with Gasteiger partial charge in [-0.25, -0.2) is 0 Å². The normalized spacial score (nSPS) is 21.4. The summed E-state index contributed by atoms with van der Waals surface area (Å²) in [5, 5.41) is 3.06. The molecule has 1 N–H and O–H groups in total. The summed E-state index contributed by atoms with van der Waals surface area (Å²) in [6, 6.07) is 8.44. The Morgan fingerprint density at radius 2 is 2.18 bits per heavy atom. The zero-order chi connectivity index (χ0) is 12.5. The first-order chi connectivity index (χ1) is 8.04. The molecule has 0 spiro atoms.